The van der Waals surface area contributed by atoms with E-state index < -0.39 is 10.0 Å². The Balaban J connectivity index is 1.48. The van der Waals surface area contributed by atoms with Gasteiger partial charge in [0.2, 0.25) is 10.0 Å². The molecule has 1 aromatic heterocycles. The number of benzene rings is 2. The smallest absolute Gasteiger partial charge is 0.271 e. The van der Waals surface area contributed by atoms with Gasteiger partial charge < -0.3 is 4.74 Å². The van der Waals surface area contributed by atoms with Crippen LogP contribution in [0.5, 0.6) is 5.75 Å². The zero-order valence-electron chi connectivity index (χ0n) is 15.8. The van der Waals surface area contributed by atoms with Gasteiger partial charge in [0, 0.05) is 17.7 Å². The molecule has 2 aromatic carbocycles. The van der Waals surface area contributed by atoms with Gasteiger partial charge in [-0.3, -0.25) is 4.79 Å². The van der Waals surface area contributed by atoms with Crippen LogP contribution in [-0.2, 0) is 28.9 Å². The predicted octanol–water partition coefficient (Wildman–Crippen LogP) is 2.12. The van der Waals surface area contributed by atoms with Crippen LogP contribution in [-0.4, -0.2) is 35.6 Å². The number of amides is 1. The van der Waals surface area contributed by atoms with E-state index in [2.05, 4.69) is 10.5 Å². The molecular formula is C20H20N4O4S. The zero-order valence-corrected chi connectivity index (χ0v) is 16.6. The number of methoxy groups -OCH3 is 1. The summed E-state index contributed by atoms with van der Waals surface area (Å²) in [7, 11) is -1.96. The fourth-order valence-electron chi connectivity index (χ4n) is 3.22. The fourth-order valence-corrected chi connectivity index (χ4v) is 4.67. The lowest BCUT2D eigenvalue weighted by molar-refractivity contribution is 0.100. The first kappa shape index (κ1) is 19.2. The predicted molar refractivity (Wildman–Crippen MR) is 107 cm³/mol. The van der Waals surface area contributed by atoms with Crippen LogP contribution >= 0.6 is 0 Å². The molecule has 9 heteroatoms. The number of ether oxygens (including phenoxy) is 1. The Morgan fingerprint density at radius 2 is 1.93 bits per heavy atom. The molecule has 8 nitrogen and oxygen atoms in total. The summed E-state index contributed by atoms with van der Waals surface area (Å²) in [5, 5.41) is 4.18. The van der Waals surface area contributed by atoms with Crippen molar-refractivity contribution in [1.82, 2.24) is 14.2 Å². The van der Waals surface area contributed by atoms with Crippen molar-refractivity contribution in [3.05, 3.63) is 83.2 Å². The lowest BCUT2D eigenvalue weighted by Gasteiger charge is -2.16. The molecule has 1 amide bonds. The van der Waals surface area contributed by atoms with Crippen molar-refractivity contribution in [3.8, 4) is 5.75 Å². The summed E-state index contributed by atoms with van der Waals surface area (Å²) in [5.41, 5.74) is 5.27. The van der Waals surface area contributed by atoms with Gasteiger partial charge in [-0.15, -0.1) is 0 Å². The molecule has 0 spiro atoms. The summed E-state index contributed by atoms with van der Waals surface area (Å²) in [5.74, 6) is 0.142. The summed E-state index contributed by atoms with van der Waals surface area (Å²) in [4.78, 5) is 13.9. The van der Waals surface area contributed by atoms with Gasteiger partial charge in [0.25, 0.3) is 5.91 Å². The third-order valence-corrected chi connectivity index (χ3v) is 6.50. The molecule has 0 aliphatic carbocycles. The van der Waals surface area contributed by atoms with Gasteiger partial charge in [-0.05, 0) is 23.8 Å². The quantitative estimate of drug-likeness (QED) is 0.669. The summed E-state index contributed by atoms with van der Waals surface area (Å²) in [6, 6.07) is 15.8. The molecule has 0 atom stereocenters. The van der Waals surface area contributed by atoms with Crippen molar-refractivity contribution in [1.29, 1.82) is 0 Å². The zero-order chi connectivity index (χ0) is 20.4. The van der Waals surface area contributed by atoms with Crippen LogP contribution in [0.25, 0.3) is 0 Å². The molecule has 150 valence electrons. The number of hydrogen-bond donors (Lipinski definition) is 1. The molecule has 0 saturated carbocycles. The van der Waals surface area contributed by atoms with Gasteiger partial charge in [0.05, 0.1) is 31.3 Å². The molecule has 4 rings (SSSR count). The maximum Gasteiger partial charge on any atom is 0.271 e. The van der Waals surface area contributed by atoms with E-state index in [1.807, 2.05) is 18.2 Å². The number of nitrogens with one attached hydrogen (secondary N) is 1. The van der Waals surface area contributed by atoms with Gasteiger partial charge in [0.1, 0.15) is 5.75 Å². The van der Waals surface area contributed by atoms with Crippen LogP contribution < -0.4 is 10.2 Å². The third kappa shape index (κ3) is 4.01. The number of sulfonamides is 1. The second-order valence-corrected chi connectivity index (χ2v) is 8.68. The Morgan fingerprint density at radius 1 is 1.14 bits per heavy atom. The minimum absolute atomic E-state index is 0.0677. The van der Waals surface area contributed by atoms with Crippen molar-refractivity contribution in [2.75, 3.05) is 12.5 Å². The van der Waals surface area contributed by atoms with E-state index in [1.165, 1.54) is 16.2 Å². The van der Waals surface area contributed by atoms with Gasteiger partial charge in [0.15, 0.2) is 0 Å². The van der Waals surface area contributed by atoms with Crippen molar-refractivity contribution < 1.29 is 17.9 Å². The van der Waals surface area contributed by atoms with Crippen LogP contribution in [0.2, 0.25) is 0 Å². The monoisotopic (exact) mass is 412 g/mol. The van der Waals surface area contributed by atoms with Crippen LogP contribution in [0.15, 0.2) is 60.8 Å². The molecule has 1 aliphatic rings. The number of carbonyl (C=O) groups is 1. The van der Waals surface area contributed by atoms with Crippen molar-refractivity contribution in [2.45, 2.75) is 18.8 Å². The summed E-state index contributed by atoms with van der Waals surface area (Å²) in [6.45, 7) is 0.391. The normalized spacial score (nSPS) is 13.8. The molecular weight excluding hydrogens is 392 g/mol. The highest BCUT2D eigenvalue weighted by atomic mass is 32.2. The highest BCUT2D eigenvalue weighted by Gasteiger charge is 2.32. The Kier molecular flexibility index (Phi) is 5.08. The largest absolute Gasteiger partial charge is 0.497 e. The maximum absolute atomic E-state index is 12.8. The topological polar surface area (TPSA) is 93.5 Å². The van der Waals surface area contributed by atoms with Crippen LogP contribution in [0.1, 0.15) is 27.2 Å². The summed E-state index contributed by atoms with van der Waals surface area (Å²) < 4.78 is 32.1. The van der Waals surface area contributed by atoms with E-state index >= 15 is 0 Å². The van der Waals surface area contributed by atoms with Gasteiger partial charge in [-0.25, -0.2) is 13.8 Å². The van der Waals surface area contributed by atoms with E-state index in [4.69, 9.17) is 4.74 Å². The SMILES string of the molecule is COc1cccc(C(=O)Nn2ncc3c2CN(S(=O)(=O)Cc2ccccc2)C3)c1. The second-order valence-electron chi connectivity index (χ2n) is 6.71. The molecule has 2 heterocycles. The lowest BCUT2D eigenvalue weighted by Crippen LogP contribution is -2.30. The standard InChI is InChI=1S/C20H20N4O4S/c1-28-18-9-5-8-16(10-18)20(25)22-24-19-13-23(12-17(19)11-21-24)29(26,27)14-15-6-3-2-4-7-15/h2-11H,12-14H2,1H3,(H,22,25). The molecule has 0 radical (unpaired) electrons. The highest BCUT2D eigenvalue weighted by molar-refractivity contribution is 7.88. The first-order chi connectivity index (χ1) is 14.0. The summed E-state index contributed by atoms with van der Waals surface area (Å²) >= 11 is 0. The van der Waals surface area contributed by atoms with Crippen LogP contribution in [0.4, 0.5) is 0 Å². The minimum Gasteiger partial charge on any atom is -0.497 e. The number of rotatable bonds is 6. The average Bonchev–Trinajstić information content (AvgIpc) is 3.31. The van der Waals surface area contributed by atoms with Crippen molar-refractivity contribution in [2.24, 2.45) is 0 Å². The molecule has 0 unspecified atom stereocenters. The Morgan fingerprint density at radius 3 is 2.69 bits per heavy atom. The second kappa shape index (κ2) is 7.69. The number of fused-ring (bicyclic) bond motifs is 1. The first-order valence-corrected chi connectivity index (χ1v) is 10.6. The van der Waals surface area contributed by atoms with E-state index in [1.54, 1.807) is 42.6 Å². The molecule has 29 heavy (non-hydrogen) atoms. The molecule has 0 fully saturated rings. The van der Waals surface area contributed by atoms with Crippen molar-refractivity contribution >= 4 is 15.9 Å². The van der Waals surface area contributed by atoms with Gasteiger partial charge >= 0.3 is 0 Å². The Hall–Kier alpha value is -3.17. The number of hydrogen-bond acceptors (Lipinski definition) is 5. The fraction of sp³-hybridized carbons (Fsp3) is 0.200. The molecule has 0 saturated heterocycles. The molecule has 3 aromatic rings. The molecule has 1 aliphatic heterocycles. The third-order valence-electron chi connectivity index (χ3n) is 4.75. The number of aromatic nitrogens is 2. The maximum atomic E-state index is 12.8. The van der Waals surface area contributed by atoms with E-state index in [-0.39, 0.29) is 24.7 Å². The minimum atomic E-state index is -3.49. The Bertz CT molecular complexity index is 1140. The average molecular weight is 412 g/mol. The van der Waals surface area contributed by atoms with E-state index in [9.17, 15) is 13.2 Å². The number of nitrogens with zero attached hydrogens (tertiary/aromatic N) is 3. The van der Waals surface area contributed by atoms with Crippen LogP contribution in [0.3, 0.4) is 0 Å². The van der Waals surface area contributed by atoms with Gasteiger partial charge in [-0.1, -0.05) is 36.4 Å². The van der Waals surface area contributed by atoms with Gasteiger partial charge in [-0.2, -0.15) is 14.2 Å². The number of carbonyl (C=O) groups excluding carboxylic acids is 1. The molecule has 0 bridgehead atoms. The highest BCUT2D eigenvalue weighted by Crippen LogP contribution is 2.26. The first-order valence-electron chi connectivity index (χ1n) is 8.99. The summed E-state index contributed by atoms with van der Waals surface area (Å²) in [6.07, 6.45) is 1.58. The molecule has 1 N–H and O–H groups in total. The van der Waals surface area contributed by atoms with Crippen LogP contribution in [0, 0.1) is 0 Å². The van der Waals surface area contributed by atoms with E-state index in [0.29, 0.717) is 17.0 Å². The lowest BCUT2D eigenvalue weighted by atomic mass is 10.2. The van der Waals surface area contributed by atoms with Crippen molar-refractivity contribution in [3.63, 3.8) is 0 Å². The Labute approximate surface area is 168 Å². The van der Waals surface area contributed by atoms with E-state index in [0.717, 1.165) is 11.1 Å².